The normalized spacial score (nSPS) is 25.0. The van der Waals surface area contributed by atoms with Crippen molar-refractivity contribution < 1.29 is 58.9 Å². The maximum atomic E-state index is 13.8. The van der Waals surface area contributed by atoms with E-state index in [0.29, 0.717) is 42.2 Å². The van der Waals surface area contributed by atoms with Crippen LogP contribution in [0.2, 0.25) is 0 Å². The van der Waals surface area contributed by atoms with E-state index in [1.165, 1.54) is 24.3 Å². The maximum Gasteiger partial charge on any atom is 0.471 e. The van der Waals surface area contributed by atoms with E-state index in [1.807, 2.05) is 0 Å². The number of nitro groups is 2. The summed E-state index contributed by atoms with van der Waals surface area (Å²) in [6.07, 6.45) is -5.69. The highest BCUT2D eigenvalue weighted by Gasteiger charge is 2.48. The van der Waals surface area contributed by atoms with Crippen LogP contribution >= 0.6 is 0 Å². The molecular formula is C41H40F9N5O6. The fourth-order valence-electron chi connectivity index (χ4n) is 10.4. The summed E-state index contributed by atoms with van der Waals surface area (Å²) in [6, 6.07) is 9.46. The van der Waals surface area contributed by atoms with Crippen LogP contribution in [0.1, 0.15) is 70.4 Å². The van der Waals surface area contributed by atoms with Crippen LogP contribution in [0.25, 0.3) is 0 Å². The van der Waals surface area contributed by atoms with E-state index < -0.39 is 57.3 Å². The summed E-state index contributed by atoms with van der Waals surface area (Å²) in [7, 11) is 2.08. The zero-order chi connectivity index (χ0) is 44.3. The number of nitro benzene ring substituents is 2. The van der Waals surface area contributed by atoms with Crippen LogP contribution in [0, 0.1) is 55.4 Å². The molecule has 328 valence electrons. The largest absolute Gasteiger partial charge is 0.471 e. The summed E-state index contributed by atoms with van der Waals surface area (Å²) >= 11 is 0. The molecule has 0 saturated carbocycles. The fraction of sp³-hybridized carbons (Fsp3) is 0.512. The molecule has 3 saturated heterocycles. The maximum absolute atomic E-state index is 13.8. The number of carbonyl (C=O) groups excluding carboxylic acids is 2. The molecule has 0 spiro atoms. The Morgan fingerprint density at radius 2 is 0.967 bits per heavy atom. The lowest BCUT2D eigenvalue weighted by Crippen LogP contribution is -2.50. The zero-order valence-electron chi connectivity index (χ0n) is 32.6. The molecule has 3 fully saturated rings. The Hall–Kier alpha value is -5.27. The van der Waals surface area contributed by atoms with Crippen molar-refractivity contribution in [2.24, 2.45) is 17.8 Å². The highest BCUT2D eigenvalue weighted by atomic mass is 19.4. The third-order valence-corrected chi connectivity index (χ3v) is 12.6. The number of fused-ring (bicyclic) bond motifs is 12. The van der Waals surface area contributed by atoms with Crippen LogP contribution in [-0.2, 0) is 28.9 Å². The average Bonchev–Trinajstić information content (AvgIpc) is 3.17. The summed E-state index contributed by atoms with van der Waals surface area (Å²) in [6.45, 7) is 1.90. The first kappa shape index (κ1) is 43.8. The van der Waals surface area contributed by atoms with Crippen molar-refractivity contribution in [1.82, 2.24) is 14.7 Å². The van der Waals surface area contributed by atoms with E-state index in [2.05, 4.69) is 11.9 Å². The van der Waals surface area contributed by atoms with Gasteiger partial charge in [0.15, 0.2) is 0 Å². The van der Waals surface area contributed by atoms with Crippen LogP contribution in [-0.4, -0.2) is 95.0 Å². The number of nitrogens with zero attached hydrogens (tertiary/aromatic N) is 5. The van der Waals surface area contributed by atoms with E-state index in [9.17, 15) is 69.3 Å². The molecule has 3 aromatic rings. The molecule has 6 bridgehead atoms. The lowest BCUT2D eigenvalue weighted by Gasteiger charge is -2.42. The van der Waals surface area contributed by atoms with Crippen LogP contribution < -0.4 is 0 Å². The molecule has 6 atom stereocenters. The average molecular weight is 870 g/mol. The second-order valence-corrected chi connectivity index (χ2v) is 17.0. The third-order valence-electron chi connectivity index (χ3n) is 12.6. The fourth-order valence-corrected chi connectivity index (χ4v) is 10.4. The minimum atomic E-state index is -4.94. The van der Waals surface area contributed by atoms with Crippen molar-refractivity contribution >= 4 is 23.2 Å². The van der Waals surface area contributed by atoms with Gasteiger partial charge in [-0.3, -0.25) is 29.8 Å². The van der Waals surface area contributed by atoms with Gasteiger partial charge in [0, 0.05) is 63.2 Å². The monoisotopic (exact) mass is 869 g/mol. The highest BCUT2D eigenvalue weighted by molar-refractivity contribution is 5.82. The molecule has 2 amide bonds. The van der Waals surface area contributed by atoms with E-state index in [0.717, 1.165) is 76.5 Å². The van der Waals surface area contributed by atoms with Crippen LogP contribution in [0.5, 0.6) is 0 Å². The third kappa shape index (κ3) is 9.33. The Morgan fingerprint density at radius 1 is 0.574 bits per heavy atom. The van der Waals surface area contributed by atoms with Gasteiger partial charge in [-0.25, -0.2) is 4.39 Å². The van der Waals surface area contributed by atoms with Crippen LogP contribution in [0.3, 0.4) is 0 Å². The zero-order valence-corrected chi connectivity index (χ0v) is 32.6. The lowest BCUT2D eigenvalue weighted by atomic mass is 9.73. The molecule has 9 rings (SSSR count). The Labute approximate surface area is 342 Å². The molecule has 3 aromatic carbocycles. The number of benzene rings is 3. The SMILES string of the molecule is CN1CC2Cc3cc([N+](=O)[O-])c(F)cc3C(C2)C1.O=C(N1CC2Cc3cc([N+](=O)[O-])c(F)cc3C(C2)C1)C(F)(F)F.O=C(N1CC2Cc3ccc(F)cc3C(C2)C1)C(F)(F)F. The quantitative estimate of drug-likeness (QED) is 0.145. The molecule has 6 aliphatic rings. The van der Waals surface area contributed by atoms with Gasteiger partial charge in [-0.05, 0) is 127 Å². The second kappa shape index (κ2) is 16.5. The molecule has 3 aliphatic carbocycles. The first-order valence-corrected chi connectivity index (χ1v) is 19.7. The molecule has 61 heavy (non-hydrogen) atoms. The first-order valence-electron chi connectivity index (χ1n) is 19.7. The number of rotatable bonds is 2. The minimum Gasteiger partial charge on any atom is -0.334 e. The summed E-state index contributed by atoms with van der Waals surface area (Å²) in [5.74, 6) is -5.71. The van der Waals surface area contributed by atoms with Crippen molar-refractivity contribution in [3.8, 4) is 0 Å². The van der Waals surface area contributed by atoms with E-state index >= 15 is 0 Å². The number of piperidine rings is 3. The first-order chi connectivity index (χ1) is 28.5. The summed E-state index contributed by atoms with van der Waals surface area (Å²) in [5, 5.41) is 21.6. The van der Waals surface area contributed by atoms with Gasteiger partial charge in [0.25, 0.3) is 0 Å². The predicted molar refractivity (Wildman–Crippen MR) is 199 cm³/mol. The Bertz CT molecular complexity index is 2250. The number of likely N-dealkylation sites (N-methyl/N-ethyl adjacent to an activating group) is 1. The second-order valence-electron chi connectivity index (χ2n) is 17.0. The van der Waals surface area contributed by atoms with Crippen molar-refractivity contribution in [3.63, 3.8) is 0 Å². The Kier molecular flexibility index (Phi) is 11.9. The van der Waals surface area contributed by atoms with Gasteiger partial charge in [-0.2, -0.15) is 35.1 Å². The molecule has 6 unspecified atom stereocenters. The number of likely N-dealkylation sites (tertiary alicyclic amines) is 3. The Morgan fingerprint density at radius 3 is 1.39 bits per heavy atom. The van der Waals surface area contributed by atoms with Gasteiger partial charge in [-0.15, -0.1) is 0 Å². The standard InChI is InChI=1S/C14H12F4N2O3.C14H13F4NO.C13H15FN2O2/c15-11-4-10-8(3-12(11)20(22)23)1-7-2-9(10)6-19(5-7)13(21)14(16,17)18;15-11-2-1-9-3-8-4-10(12(9)5-11)7-19(6-8)13(20)14(16,17)18;1-15-6-8-2-9-4-13(16(17)18)12(14)5-11(9)10(3-8)7-15/h3-4,7,9H,1-2,5-6H2;1-2,5,8,10H,3-4,6-7H2;4-5,8,10H,2-3,6-7H2,1H3. The molecule has 0 N–H and O–H groups in total. The summed E-state index contributed by atoms with van der Waals surface area (Å²) in [4.78, 5) is 46.8. The van der Waals surface area contributed by atoms with Gasteiger partial charge >= 0.3 is 35.5 Å². The lowest BCUT2D eigenvalue weighted by molar-refractivity contribution is -0.387. The molecule has 0 aromatic heterocycles. The van der Waals surface area contributed by atoms with Gasteiger partial charge in [0.05, 0.1) is 9.85 Å². The minimum absolute atomic E-state index is 0.0191. The van der Waals surface area contributed by atoms with Crippen molar-refractivity contribution in [2.45, 2.75) is 68.6 Å². The Balaban J connectivity index is 0.000000139. The van der Waals surface area contributed by atoms with Crippen molar-refractivity contribution in [3.05, 3.63) is 114 Å². The van der Waals surface area contributed by atoms with Crippen molar-refractivity contribution in [1.29, 1.82) is 0 Å². The number of carbonyl (C=O) groups is 2. The van der Waals surface area contributed by atoms with Gasteiger partial charge in [0.2, 0.25) is 11.6 Å². The van der Waals surface area contributed by atoms with Gasteiger partial charge in [0.1, 0.15) is 5.82 Å². The summed E-state index contributed by atoms with van der Waals surface area (Å²) in [5.41, 5.74) is 3.71. The summed E-state index contributed by atoms with van der Waals surface area (Å²) < 4.78 is 116. The van der Waals surface area contributed by atoms with Crippen LogP contribution in [0.4, 0.5) is 50.9 Å². The van der Waals surface area contributed by atoms with Gasteiger partial charge in [-0.1, -0.05) is 6.07 Å². The van der Waals surface area contributed by atoms with Crippen molar-refractivity contribution in [2.75, 3.05) is 46.3 Å². The molecule has 3 heterocycles. The molecule has 11 nitrogen and oxygen atoms in total. The predicted octanol–water partition coefficient (Wildman–Crippen LogP) is 7.99. The highest BCUT2D eigenvalue weighted by Crippen LogP contribution is 2.44. The number of hydrogen-bond donors (Lipinski definition) is 0. The van der Waals surface area contributed by atoms with E-state index in [-0.39, 0.29) is 55.4 Å². The van der Waals surface area contributed by atoms with E-state index in [1.54, 1.807) is 6.07 Å². The molecule has 3 aliphatic heterocycles. The number of amides is 2. The smallest absolute Gasteiger partial charge is 0.334 e. The van der Waals surface area contributed by atoms with E-state index in [4.69, 9.17) is 0 Å². The molecule has 0 radical (unpaired) electrons. The molecule has 20 heteroatoms. The van der Waals surface area contributed by atoms with Crippen LogP contribution in [0.15, 0.2) is 42.5 Å². The number of hydrogen-bond acceptors (Lipinski definition) is 7. The topological polar surface area (TPSA) is 130 Å². The van der Waals surface area contributed by atoms with Gasteiger partial charge < -0.3 is 14.7 Å². The number of halogens is 9. The molecular weight excluding hydrogens is 829 g/mol. The number of alkyl halides is 6.